The molecule has 31 heavy (non-hydrogen) atoms. The lowest BCUT2D eigenvalue weighted by Gasteiger charge is -2.16. The molecule has 0 radical (unpaired) electrons. The normalized spacial score (nSPS) is 14.5. The fraction of sp³-hybridized carbons (Fsp3) is 0.364. The Hall–Kier alpha value is -3.49. The van der Waals surface area contributed by atoms with Gasteiger partial charge in [-0.15, -0.1) is 0 Å². The van der Waals surface area contributed by atoms with Crippen LogP contribution in [0, 0.1) is 5.82 Å². The number of aromatic nitrogens is 3. The topological polar surface area (TPSA) is 98.1 Å². The van der Waals surface area contributed by atoms with E-state index in [1.807, 2.05) is 13.8 Å². The van der Waals surface area contributed by atoms with Crippen LogP contribution in [0.15, 0.2) is 36.5 Å². The Bertz CT molecular complexity index is 1140. The highest BCUT2D eigenvalue weighted by atomic mass is 19.1. The van der Waals surface area contributed by atoms with E-state index in [9.17, 15) is 14.0 Å². The van der Waals surface area contributed by atoms with Crippen molar-refractivity contribution in [2.45, 2.75) is 51.7 Å². The molecule has 0 bridgehead atoms. The van der Waals surface area contributed by atoms with Gasteiger partial charge in [-0.1, -0.05) is 12.1 Å². The molecular weight excluding hydrogens is 401 g/mol. The first-order chi connectivity index (χ1) is 14.8. The third kappa shape index (κ3) is 4.35. The largest absolute Gasteiger partial charge is 0.478 e. The number of nitrogens with zero attached hydrogens (tertiary/aromatic N) is 3. The van der Waals surface area contributed by atoms with Gasteiger partial charge in [-0.05, 0) is 51.8 Å². The van der Waals surface area contributed by atoms with Crippen LogP contribution in [0.4, 0.5) is 4.39 Å². The van der Waals surface area contributed by atoms with Crippen molar-refractivity contribution in [2.75, 3.05) is 0 Å². The van der Waals surface area contributed by atoms with Crippen molar-refractivity contribution in [3.05, 3.63) is 53.6 Å². The van der Waals surface area contributed by atoms with E-state index in [2.05, 4.69) is 16.0 Å². The van der Waals surface area contributed by atoms with Gasteiger partial charge in [0.15, 0.2) is 23.3 Å². The molecule has 1 unspecified atom stereocenters. The maximum atomic E-state index is 13.7. The number of pyridine rings is 1. The molecule has 2 aromatic heterocycles. The smallest absolute Gasteiger partial charge is 0.279 e. The van der Waals surface area contributed by atoms with Crippen molar-refractivity contribution in [1.29, 1.82) is 0 Å². The van der Waals surface area contributed by atoms with Crippen LogP contribution in [0.2, 0.25) is 0 Å². The molecule has 0 aliphatic heterocycles. The van der Waals surface area contributed by atoms with Gasteiger partial charge in [0, 0.05) is 17.7 Å². The summed E-state index contributed by atoms with van der Waals surface area (Å²) in [5, 5.41) is 4.98. The highest BCUT2D eigenvalue weighted by Gasteiger charge is 2.28. The van der Waals surface area contributed by atoms with Gasteiger partial charge in [0.2, 0.25) is 0 Å². The van der Waals surface area contributed by atoms with E-state index in [1.54, 1.807) is 23.0 Å². The van der Waals surface area contributed by atoms with Gasteiger partial charge in [0.25, 0.3) is 11.8 Å². The van der Waals surface area contributed by atoms with Gasteiger partial charge in [-0.25, -0.2) is 14.1 Å². The quantitative estimate of drug-likeness (QED) is 0.591. The molecule has 2 heterocycles. The van der Waals surface area contributed by atoms with E-state index in [0.717, 1.165) is 18.5 Å². The SMILES string of the molecule is CC(Oc1ccccc1F)C(=O)NNC(=O)c1cc(C2CC2)nc2c1cnn2C(C)C. The number of amides is 2. The molecule has 3 aromatic rings. The van der Waals surface area contributed by atoms with Gasteiger partial charge < -0.3 is 4.74 Å². The monoisotopic (exact) mass is 425 g/mol. The molecule has 2 amide bonds. The highest BCUT2D eigenvalue weighted by molar-refractivity contribution is 6.06. The zero-order valence-electron chi connectivity index (χ0n) is 17.6. The minimum absolute atomic E-state index is 0.0394. The number of carbonyl (C=O) groups is 2. The summed E-state index contributed by atoms with van der Waals surface area (Å²) in [6.07, 6.45) is 2.67. The number of hydrogen-bond acceptors (Lipinski definition) is 5. The van der Waals surface area contributed by atoms with Gasteiger partial charge >= 0.3 is 0 Å². The van der Waals surface area contributed by atoms with Crippen molar-refractivity contribution < 1.29 is 18.7 Å². The van der Waals surface area contributed by atoms with E-state index in [-0.39, 0.29) is 11.8 Å². The summed E-state index contributed by atoms with van der Waals surface area (Å²) in [5.74, 6) is -1.36. The third-order valence-corrected chi connectivity index (χ3v) is 5.12. The number of nitrogens with one attached hydrogen (secondary N) is 2. The van der Waals surface area contributed by atoms with Crippen LogP contribution in [0.5, 0.6) is 5.75 Å². The van der Waals surface area contributed by atoms with Crippen LogP contribution in [0.25, 0.3) is 11.0 Å². The number of rotatable bonds is 6. The number of hydrogen-bond donors (Lipinski definition) is 2. The van der Waals surface area contributed by atoms with Crippen molar-refractivity contribution in [1.82, 2.24) is 25.6 Å². The number of para-hydroxylation sites is 1. The Morgan fingerprint density at radius 3 is 2.61 bits per heavy atom. The summed E-state index contributed by atoms with van der Waals surface area (Å²) < 4.78 is 20.8. The number of ether oxygens (including phenoxy) is 1. The molecule has 1 aromatic carbocycles. The molecule has 1 saturated carbocycles. The Kier molecular flexibility index (Phi) is 5.58. The maximum absolute atomic E-state index is 13.7. The summed E-state index contributed by atoms with van der Waals surface area (Å²) in [7, 11) is 0. The van der Waals surface area contributed by atoms with Crippen molar-refractivity contribution in [2.24, 2.45) is 0 Å². The zero-order valence-corrected chi connectivity index (χ0v) is 17.6. The van der Waals surface area contributed by atoms with Crippen LogP contribution in [-0.4, -0.2) is 32.7 Å². The molecule has 9 heteroatoms. The maximum Gasteiger partial charge on any atom is 0.279 e. The number of fused-ring (bicyclic) bond motifs is 1. The van der Waals surface area contributed by atoms with Crippen molar-refractivity contribution in [3.63, 3.8) is 0 Å². The lowest BCUT2D eigenvalue weighted by atomic mass is 10.1. The van der Waals surface area contributed by atoms with Crippen molar-refractivity contribution >= 4 is 22.8 Å². The first-order valence-corrected chi connectivity index (χ1v) is 10.2. The second-order valence-electron chi connectivity index (χ2n) is 7.92. The first-order valence-electron chi connectivity index (χ1n) is 10.2. The van der Waals surface area contributed by atoms with Crippen LogP contribution < -0.4 is 15.6 Å². The van der Waals surface area contributed by atoms with Crippen LogP contribution >= 0.6 is 0 Å². The fourth-order valence-electron chi connectivity index (χ4n) is 3.26. The average Bonchev–Trinajstić information content (AvgIpc) is 3.51. The minimum Gasteiger partial charge on any atom is -0.478 e. The number of halogens is 1. The number of benzene rings is 1. The van der Waals surface area contributed by atoms with Crippen LogP contribution in [0.1, 0.15) is 61.6 Å². The summed E-state index contributed by atoms with van der Waals surface area (Å²) in [6, 6.07) is 7.65. The number of carbonyl (C=O) groups excluding carboxylic acids is 2. The highest BCUT2D eigenvalue weighted by Crippen LogP contribution is 2.40. The second kappa shape index (κ2) is 8.33. The van der Waals surface area contributed by atoms with Crippen LogP contribution in [0.3, 0.4) is 0 Å². The van der Waals surface area contributed by atoms with Gasteiger partial charge in [-0.2, -0.15) is 5.10 Å². The van der Waals surface area contributed by atoms with Crippen LogP contribution in [-0.2, 0) is 4.79 Å². The first kappa shape index (κ1) is 20.8. The molecule has 1 aliphatic rings. The molecule has 0 spiro atoms. The average molecular weight is 425 g/mol. The Labute approximate surface area is 178 Å². The summed E-state index contributed by atoms with van der Waals surface area (Å²) in [5.41, 5.74) is 6.65. The number of hydrazine groups is 1. The Morgan fingerprint density at radius 1 is 1.19 bits per heavy atom. The van der Waals surface area contributed by atoms with E-state index < -0.39 is 23.7 Å². The summed E-state index contributed by atoms with van der Waals surface area (Å²) in [6.45, 7) is 5.46. The predicted molar refractivity (Wildman–Crippen MR) is 112 cm³/mol. The molecule has 1 aliphatic carbocycles. The van der Waals surface area contributed by atoms with Crippen molar-refractivity contribution in [3.8, 4) is 5.75 Å². The predicted octanol–water partition coefficient (Wildman–Crippen LogP) is 3.26. The van der Waals surface area contributed by atoms with E-state index in [1.165, 1.54) is 25.1 Å². The summed E-state index contributed by atoms with van der Waals surface area (Å²) >= 11 is 0. The minimum atomic E-state index is -1.01. The van der Waals surface area contributed by atoms with Gasteiger partial charge in [-0.3, -0.25) is 20.4 Å². The Balaban J connectivity index is 1.49. The standard InChI is InChI=1S/C22H24FN5O3/c1-12(2)28-20-16(11-24-28)15(10-18(25-20)14-8-9-14)22(30)27-26-21(29)13(3)31-19-7-5-4-6-17(19)23/h4-7,10-14H,8-9H2,1-3H3,(H,26,29)(H,27,30). The van der Waals surface area contributed by atoms with Gasteiger partial charge in [0.1, 0.15) is 0 Å². The summed E-state index contributed by atoms with van der Waals surface area (Å²) in [4.78, 5) is 29.9. The van der Waals surface area contributed by atoms with Gasteiger partial charge in [0.05, 0.1) is 17.1 Å². The molecule has 162 valence electrons. The molecule has 0 saturated heterocycles. The van der Waals surface area contributed by atoms with E-state index >= 15 is 0 Å². The molecular formula is C22H24FN5O3. The molecule has 8 nitrogen and oxygen atoms in total. The van der Waals surface area contributed by atoms with E-state index in [0.29, 0.717) is 22.5 Å². The molecule has 2 N–H and O–H groups in total. The van der Waals surface area contributed by atoms with E-state index in [4.69, 9.17) is 9.72 Å². The third-order valence-electron chi connectivity index (χ3n) is 5.12. The molecule has 1 atom stereocenters. The lowest BCUT2D eigenvalue weighted by molar-refractivity contribution is -0.128. The zero-order chi connectivity index (χ0) is 22.1. The second-order valence-corrected chi connectivity index (χ2v) is 7.92. The molecule has 1 fully saturated rings. The Morgan fingerprint density at radius 2 is 1.94 bits per heavy atom. The lowest BCUT2D eigenvalue weighted by Crippen LogP contribution is -2.47. The fourth-order valence-corrected chi connectivity index (χ4v) is 3.26. The molecule has 4 rings (SSSR count).